The summed E-state index contributed by atoms with van der Waals surface area (Å²) in [6.45, 7) is 9.05. The van der Waals surface area contributed by atoms with Crippen LogP contribution in [0.15, 0.2) is 0 Å². The SMILES string of the molecule is CCC1CCN(CC(=O)NC(C)C(C)C)C(C(=O)O)C1. The van der Waals surface area contributed by atoms with Crippen LogP contribution in [0.5, 0.6) is 0 Å². The number of carbonyl (C=O) groups excluding carboxylic acids is 1. The number of rotatable bonds is 6. The molecular weight excluding hydrogens is 256 g/mol. The maximum atomic E-state index is 12.0. The summed E-state index contributed by atoms with van der Waals surface area (Å²) in [4.78, 5) is 25.2. The predicted octanol–water partition coefficient (Wildman–Crippen LogP) is 1.72. The van der Waals surface area contributed by atoms with Crippen molar-refractivity contribution in [3.8, 4) is 0 Å². The largest absolute Gasteiger partial charge is 0.480 e. The molecule has 0 aromatic rings. The number of likely N-dealkylation sites (tertiary alicyclic amines) is 1. The molecule has 1 rings (SSSR count). The van der Waals surface area contributed by atoms with E-state index < -0.39 is 12.0 Å². The second-order valence-electron chi connectivity index (χ2n) is 6.22. The molecule has 1 saturated heterocycles. The first-order chi connectivity index (χ1) is 9.35. The summed E-state index contributed by atoms with van der Waals surface area (Å²) in [7, 11) is 0. The minimum atomic E-state index is -0.812. The molecule has 5 heteroatoms. The second kappa shape index (κ2) is 7.62. The van der Waals surface area contributed by atoms with Crippen molar-refractivity contribution in [3.63, 3.8) is 0 Å². The van der Waals surface area contributed by atoms with E-state index in [9.17, 15) is 14.7 Å². The molecule has 0 aromatic carbocycles. The van der Waals surface area contributed by atoms with Crippen LogP contribution in [0, 0.1) is 11.8 Å². The number of nitrogens with one attached hydrogen (secondary N) is 1. The molecule has 116 valence electrons. The number of carboxylic acids is 1. The summed E-state index contributed by atoms with van der Waals surface area (Å²) >= 11 is 0. The minimum Gasteiger partial charge on any atom is -0.480 e. The van der Waals surface area contributed by atoms with Gasteiger partial charge in [-0.2, -0.15) is 0 Å². The Hall–Kier alpha value is -1.10. The monoisotopic (exact) mass is 284 g/mol. The number of nitrogens with zero attached hydrogens (tertiary/aromatic N) is 1. The topological polar surface area (TPSA) is 69.6 Å². The van der Waals surface area contributed by atoms with Gasteiger partial charge in [-0.15, -0.1) is 0 Å². The Morgan fingerprint density at radius 3 is 2.50 bits per heavy atom. The number of piperidine rings is 1. The van der Waals surface area contributed by atoms with Gasteiger partial charge in [0.05, 0.1) is 6.54 Å². The highest BCUT2D eigenvalue weighted by molar-refractivity contribution is 5.80. The van der Waals surface area contributed by atoms with Crippen molar-refractivity contribution in [2.75, 3.05) is 13.1 Å². The molecule has 0 aliphatic carbocycles. The van der Waals surface area contributed by atoms with Crippen LogP contribution in [0.1, 0.15) is 47.0 Å². The zero-order chi connectivity index (χ0) is 15.3. The molecule has 0 spiro atoms. The Morgan fingerprint density at radius 2 is 2.00 bits per heavy atom. The molecule has 1 fully saturated rings. The van der Waals surface area contributed by atoms with Crippen LogP contribution in [0.4, 0.5) is 0 Å². The Morgan fingerprint density at radius 1 is 1.35 bits per heavy atom. The molecule has 20 heavy (non-hydrogen) atoms. The van der Waals surface area contributed by atoms with E-state index in [4.69, 9.17) is 0 Å². The quantitative estimate of drug-likeness (QED) is 0.779. The van der Waals surface area contributed by atoms with Crippen LogP contribution in [-0.2, 0) is 9.59 Å². The molecule has 2 N–H and O–H groups in total. The average molecular weight is 284 g/mol. The van der Waals surface area contributed by atoms with Gasteiger partial charge >= 0.3 is 5.97 Å². The number of carboxylic acid groups (broad SMARTS) is 1. The Labute approximate surface area is 121 Å². The normalized spacial score (nSPS) is 25.4. The van der Waals surface area contributed by atoms with Gasteiger partial charge in [0.1, 0.15) is 6.04 Å². The Kier molecular flexibility index (Phi) is 6.46. The first-order valence-corrected chi connectivity index (χ1v) is 7.61. The van der Waals surface area contributed by atoms with Crippen molar-refractivity contribution in [3.05, 3.63) is 0 Å². The van der Waals surface area contributed by atoms with E-state index in [0.717, 1.165) is 12.8 Å². The molecule has 0 bridgehead atoms. The maximum Gasteiger partial charge on any atom is 0.320 e. The summed E-state index contributed by atoms with van der Waals surface area (Å²) < 4.78 is 0. The average Bonchev–Trinajstić information content (AvgIpc) is 2.38. The summed E-state index contributed by atoms with van der Waals surface area (Å²) in [6.07, 6.45) is 2.64. The predicted molar refractivity (Wildman–Crippen MR) is 78.5 cm³/mol. The van der Waals surface area contributed by atoms with E-state index in [1.165, 1.54) is 0 Å². The molecule has 3 atom stereocenters. The lowest BCUT2D eigenvalue weighted by atomic mass is 9.89. The van der Waals surface area contributed by atoms with Gasteiger partial charge < -0.3 is 10.4 Å². The number of hydrogen-bond donors (Lipinski definition) is 2. The zero-order valence-electron chi connectivity index (χ0n) is 13.1. The Bertz CT molecular complexity index is 344. The van der Waals surface area contributed by atoms with Gasteiger partial charge in [-0.25, -0.2) is 0 Å². The van der Waals surface area contributed by atoms with Crippen molar-refractivity contribution < 1.29 is 14.7 Å². The fourth-order valence-electron chi connectivity index (χ4n) is 2.55. The minimum absolute atomic E-state index is 0.0765. The van der Waals surface area contributed by atoms with E-state index in [-0.39, 0.29) is 18.5 Å². The number of aliphatic carboxylic acids is 1. The van der Waals surface area contributed by atoms with Gasteiger partial charge in [-0.05, 0) is 38.1 Å². The van der Waals surface area contributed by atoms with E-state index in [1.807, 2.05) is 6.92 Å². The maximum absolute atomic E-state index is 12.0. The van der Waals surface area contributed by atoms with Crippen LogP contribution >= 0.6 is 0 Å². The third kappa shape index (κ3) is 4.78. The lowest BCUT2D eigenvalue weighted by Crippen LogP contribution is -2.52. The molecule has 1 heterocycles. The molecule has 1 aliphatic rings. The number of hydrogen-bond acceptors (Lipinski definition) is 3. The fourth-order valence-corrected chi connectivity index (χ4v) is 2.55. The van der Waals surface area contributed by atoms with Crippen LogP contribution in [0.3, 0.4) is 0 Å². The lowest BCUT2D eigenvalue weighted by molar-refractivity contribution is -0.146. The lowest BCUT2D eigenvalue weighted by Gasteiger charge is -2.36. The van der Waals surface area contributed by atoms with Crippen molar-refractivity contribution in [1.82, 2.24) is 10.2 Å². The first kappa shape index (κ1) is 17.0. The standard InChI is InChI=1S/C15H28N2O3/c1-5-12-6-7-17(13(8-12)15(19)20)9-14(18)16-11(4)10(2)3/h10-13H,5-9H2,1-4H3,(H,16,18)(H,19,20). The van der Waals surface area contributed by atoms with E-state index >= 15 is 0 Å². The van der Waals surface area contributed by atoms with Crippen molar-refractivity contribution >= 4 is 11.9 Å². The summed E-state index contributed by atoms with van der Waals surface area (Å²) in [5.41, 5.74) is 0. The van der Waals surface area contributed by atoms with E-state index in [0.29, 0.717) is 24.8 Å². The highest BCUT2D eigenvalue weighted by atomic mass is 16.4. The number of amides is 1. The van der Waals surface area contributed by atoms with Gasteiger partial charge in [0, 0.05) is 6.04 Å². The summed E-state index contributed by atoms with van der Waals surface area (Å²) in [5.74, 6) is -0.0506. The van der Waals surface area contributed by atoms with Crippen LogP contribution in [-0.4, -0.2) is 47.1 Å². The summed E-state index contributed by atoms with van der Waals surface area (Å²) in [6, 6.07) is -0.409. The summed E-state index contributed by atoms with van der Waals surface area (Å²) in [5, 5.41) is 12.3. The third-order valence-electron chi connectivity index (χ3n) is 4.42. The van der Waals surface area contributed by atoms with E-state index in [2.05, 4.69) is 26.1 Å². The molecule has 1 amide bonds. The highest BCUT2D eigenvalue weighted by Crippen LogP contribution is 2.25. The van der Waals surface area contributed by atoms with Crippen LogP contribution in [0.2, 0.25) is 0 Å². The van der Waals surface area contributed by atoms with Gasteiger partial charge in [0.15, 0.2) is 0 Å². The van der Waals surface area contributed by atoms with Gasteiger partial charge in [0.25, 0.3) is 0 Å². The smallest absolute Gasteiger partial charge is 0.320 e. The van der Waals surface area contributed by atoms with Crippen molar-refractivity contribution in [1.29, 1.82) is 0 Å². The first-order valence-electron chi connectivity index (χ1n) is 7.61. The Balaban J connectivity index is 2.56. The molecular formula is C15H28N2O3. The van der Waals surface area contributed by atoms with Gasteiger partial charge in [-0.3, -0.25) is 14.5 Å². The third-order valence-corrected chi connectivity index (χ3v) is 4.42. The zero-order valence-corrected chi connectivity index (χ0v) is 13.1. The van der Waals surface area contributed by atoms with Crippen molar-refractivity contribution in [2.45, 2.75) is 59.0 Å². The second-order valence-corrected chi connectivity index (χ2v) is 6.22. The van der Waals surface area contributed by atoms with Crippen molar-refractivity contribution in [2.24, 2.45) is 11.8 Å². The molecule has 0 radical (unpaired) electrons. The molecule has 0 saturated carbocycles. The highest BCUT2D eigenvalue weighted by Gasteiger charge is 2.33. The van der Waals surface area contributed by atoms with Crippen LogP contribution < -0.4 is 5.32 Å². The van der Waals surface area contributed by atoms with E-state index in [1.54, 1.807) is 4.90 Å². The molecule has 0 aromatic heterocycles. The van der Waals surface area contributed by atoms with Gasteiger partial charge in [-0.1, -0.05) is 27.2 Å². The molecule has 1 aliphatic heterocycles. The van der Waals surface area contributed by atoms with Crippen LogP contribution in [0.25, 0.3) is 0 Å². The fraction of sp³-hybridized carbons (Fsp3) is 0.867. The molecule has 5 nitrogen and oxygen atoms in total. The number of carbonyl (C=O) groups is 2. The van der Waals surface area contributed by atoms with Gasteiger partial charge in [0.2, 0.25) is 5.91 Å². The molecule has 3 unspecified atom stereocenters.